The van der Waals surface area contributed by atoms with Gasteiger partial charge in [0.2, 0.25) is 0 Å². The zero-order chi connectivity index (χ0) is 16.3. The molecule has 0 unspecified atom stereocenters. The van der Waals surface area contributed by atoms with Gasteiger partial charge in [-0.05, 0) is 12.1 Å². The van der Waals surface area contributed by atoms with Crippen LogP contribution in [0.2, 0.25) is 0 Å². The summed E-state index contributed by atoms with van der Waals surface area (Å²) in [6.07, 6.45) is 0. The summed E-state index contributed by atoms with van der Waals surface area (Å²) in [7, 11) is 0. The van der Waals surface area contributed by atoms with Crippen LogP contribution in [0.25, 0.3) is 11.1 Å². The van der Waals surface area contributed by atoms with Gasteiger partial charge in [-0.15, -0.1) is 0 Å². The standard InChI is InChI=1S/C16H12O6/c17-11-7-3-1-5-9(11)13(15(19)20)14(16(21)22)10-6-2-4-8-12(10)18/h1-8,17-18H,(H,19,20)(H,21,22)/b14-13+. The van der Waals surface area contributed by atoms with E-state index in [0.717, 1.165) is 0 Å². The van der Waals surface area contributed by atoms with Gasteiger partial charge in [-0.1, -0.05) is 36.4 Å². The van der Waals surface area contributed by atoms with Crippen molar-refractivity contribution in [2.75, 3.05) is 0 Å². The Kier molecular flexibility index (Phi) is 4.13. The summed E-state index contributed by atoms with van der Waals surface area (Å²) in [5.41, 5.74) is -1.49. The zero-order valence-corrected chi connectivity index (χ0v) is 11.2. The van der Waals surface area contributed by atoms with Crippen LogP contribution in [0.4, 0.5) is 0 Å². The molecule has 0 aromatic heterocycles. The summed E-state index contributed by atoms with van der Waals surface area (Å²) in [4.78, 5) is 23.1. The number of rotatable bonds is 4. The van der Waals surface area contributed by atoms with Gasteiger partial charge in [-0.3, -0.25) is 0 Å². The van der Waals surface area contributed by atoms with Crippen LogP contribution in [-0.4, -0.2) is 32.4 Å². The van der Waals surface area contributed by atoms with Crippen molar-refractivity contribution < 1.29 is 30.0 Å². The number of carboxylic acids is 2. The maximum Gasteiger partial charge on any atom is 0.337 e. The fourth-order valence-corrected chi connectivity index (χ4v) is 2.08. The van der Waals surface area contributed by atoms with Crippen LogP contribution >= 0.6 is 0 Å². The van der Waals surface area contributed by atoms with Gasteiger partial charge < -0.3 is 20.4 Å². The third kappa shape index (κ3) is 2.76. The Balaban J connectivity index is 2.87. The van der Waals surface area contributed by atoms with Gasteiger partial charge in [0.05, 0.1) is 11.1 Å². The third-order valence-electron chi connectivity index (χ3n) is 3.02. The van der Waals surface area contributed by atoms with Gasteiger partial charge in [-0.2, -0.15) is 0 Å². The maximum atomic E-state index is 11.6. The summed E-state index contributed by atoms with van der Waals surface area (Å²) in [6, 6.07) is 11.0. The second-order valence-electron chi connectivity index (χ2n) is 4.39. The molecule has 112 valence electrons. The summed E-state index contributed by atoms with van der Waals surface area (Å²) in [5.74, 6) is -3.78. The van der Waals surface area contributed by atoms with Crippen molar-refractivity contribution in [2.24, 2.45) is 0 Å². The van der Waals surface area contributed by atoms with Crippen LogP contribution in [0, 0.1) is 0 Å². The van der Waals surface area contributed by atoms with Crippen molar-refractivity contribution in [2.45, 2.75) is 0 Å². The van der Waals surface area contributed by atoms with Gasteiger partial charge in [-0.25, -0.2) is 9.59 Å². The Morgan fingerprint density at radius 2 is 0.955 bits per heavy atom. The van der Waals surface area contributed by atoms with Crippen molar-refractivity contribution in [1.29, 1.82) is 0 Å². The molecule has 0 saturated carbocycles. The van der Waals surface area contributed by atoms with Crippen molar-refractivity contribution in [1.82, 2.24) is 0 Å². The summed E-state index contributed by atoms with van der Waals surface area (Å²) in [5, 5.41) is 38.5. The molecule has 0 bridgehead atoms. The average Bonchev–Trinajstić information content (AvgIpc) is 2.46. The molecular formula is C16H12O6. The molecule has 0 atom stereocenters. The number of phenolic OH excluding ortho intramolecular Hbond substituents is 2. The van der Waals surface area contributed by atoms with E-state index in [1.165, 1.54) is 48.5 Å². The first kappa shape index (κ1) is 15.1. The van der Waals surface area contributed by atoms with E-state index in [1.807, 2.05) is 0 Å². The van der Waals surface area contributed by atoms with Crippen molar-refractivity contribution in [3.05, 3.63) is 59.7 Å². The normalized spacial score (nSPS) is 11.6. The molecule has 0 amide bonds. The third-order valence-corrected chi connectivity index (χ3v) is 3.02. The number of hydrogen-bond donors (Lipinski definition) is 4. The second kappa shape index (κ2) is 6.01. The van der Waals surface area contributed by atoms with E-state index in [4.69, 9.17) is 0 Å². The van der Waals surface area contributed by atoms with Crippen LogP contribution in [0.3, 0.4) is 0 Å². The van der Waals surface area contributed by atoms with Crippen LogP contribution in [0.15, 0.2) is 48.5 Å². The minimum Gasteiger partial charge on any atom is -0.507 e. The van der Waals surface area contributed by atoms with E-state index >= 15 is 0 Å². The average molecular weight is 300 g/mol. The van der Waals surface area contributed by atoms with Crippen LogP contribution in [-0.2, 0) is 9.59 Å². The minimum atomic E-state index is -1.53. The fraction of sp³-hybridized carbons (Fsp3) is 0. The Hall–Kier alpha value is -3.28. The predicted molar refractivity (Wildman–Crippen MR) is 78.3 cm³/mol. The molecule has 0 saturated heterocycles. The van der Waals surface area contributed by atoms with Gasteiger partial charge in [0, 0.05) is 11.1 Å². The number of carbonyl (C=O) groups is 2. The molecule has 0 aliphatic heterocycles. The number of benzene rings is 2. The first-order chi connectivity index (χ1) is 10.4. The lowest BCUT2D eigenvalue weighted by Gasteiger charge is -2.12. The Labute approximate surface area is 125 Å². The molecule has 22 heavy (non-hydrogen) atoms. The Morgan fingerprint density at radius 3 is 1.23 bits per heavy atom. The molecule has 0 fully saturated rings. The van der Waals surface area contributed by atoms with Crippen molar-refractivity contribution in [3.63, 3.8) is 0 Å². The quantitative estimate of drug-likeness (QED) is 0.508. The molecule has 0 heterocycles. The summed E-state index contributed by atoms with van der Waals surface area (Å²) < 4.78 is 0. The number of phenols is 2. The molecule has 2 aromatic carbocycles. The number of aliphatic carboxylic acids is 2. The topological polar surface area (TPSA) is 115 Å². The number of hydrogen-bond acceptors (Lipinski definition) is 4. The van der Waals surface area contributed by atoms with E-state index < -0.39 is 23.1 Å². The first-order valence-electron chi connectivity index (χ1n) is 6.21. The van der Waals surface area contributed by atoms with E-state index in [-0.39, 0.29) is 22.6 Å². The van der Waals surface area contributed by atoms with Crippen molar-refractivity contribution in [3.8, 4) is 11.5 Å². The fourth-order valence-electron chi connectivity index (χ4n) is 2.08. The molecule has 0 spiro atoms. The Bertz CT molecular complexity index is 710. The molecule has 6 nitrogen and oxygen atoms in total. The van der Waals surface area contributed by atoms with Gasteiger partial charge in [0.25, 0.3) is 0 Å². The van der Waals surface area contributed by atoms with Crippen LogP contribution in [0.1, 0.15) is 11.1 Å². The molecule has 6 heteroatoms. The molecule has 2 rings (SSSR count). The molecule has 0 aliphatic rings. The first-order valence-corrected chi connectivity index (χ1v) is 6.21. The second-order valence-corrected chi connectivity index (χ2v) is 4.39. The number of carboxylic acid groups (broad SMARTS) is 2. The van der Waals surface area contributed by atoms with E-state index in [0.29, 0.717) is 0 Å². The highest BCUT2D eigenvalue weighted by Gasteiger charge is 2.26. The number of aromatic hydroxyl groups is 2. The molecule has 2 aromatic rings. The molecule has 0 aliphatic carbocycles. The molecule has 4 N–H and O–H groups in total. The van der Waals surface area contributed by atoms with Crippen LogP contribution in [0.5, 0.6) is 11.5 Å². The SMILES string of the molecule is O=C(O)/C(=C(/C(=O)O)c1ccccc1O)c1ccccc1O. The van der Waals surface area contributed by atoms with E-state index in [9.17, 15) is 30.0 Å². The maximum absolute atomic E-state index is 11.6. The largest absolute Gasteiger partial charge is 0.507 e. The van der Waals surface area contributed by atoms with Crippen LogP contribution < -0.4 is 0 Å². The lowest BCUT2D eigenvalue weighted by molar-refractivity contribution is -0.132. The number of para-hydroxylation sites is 2. The highest BCUT2D eigenvalue weighted by molar-refractivity contribution is 6.37. The zero-order valence-electron chi connectivity index (χ0n) is 11.2. The monoisotopic (exact) mass is 300 g/mol. The highest BCUT2D eigenvalue weighted by atomic mass is 16.4. The molecule has 0 radical (unpaired) electrons. The summed E-state index contributed by atoms with van der Waals surface area (Å²) >= 11 is 0. The van der Waals surface area contributed by atoms with Gasteiger partial charge in [0.1, 0.15) is 11.5 Å². The lowest BCUT2D eigenvalue weighted by Crippen LogP contribution is -2.10. The van der Waals surface area contributed by atoms with Gasteiger partial charge in [0.15, 0.2) is 0 Å². The molecular weight excluding hydrogens is 288 g/mol. The van der Waals surface area contributed by atoms with Crippen molar-refractivity contribution >= 4 is 23.1 Å². The van der Waals surface area contributed by atoms with E-state index in [2.05, 4.69) is 0 Å². The Morgan fingerprint density at radius 1 is 0.636 bits per heavy atom. The lowest BCUT2D eigenvalue weighted by atomic mass is 9.93. The van der Waals surface area contributed by atoms with E-state index in [1.54, 1.807) is 0 Å². The minimum absolute atomic E-state index is 0.143. The smallest absolute Gasteiger partial charge is 0.337 e. The van der Waals surface area contributed by atoms with Gasteiger partial charge >= 0.3 is 11.9 Å². The highest BCUT2D eigenvalue weighted by Crippen LogP contribution is 2.35. The summed E-state index contributed by atoms with van der Waals surface area (Å²) in [6.45, 7) is 0. The predicted octanol–water partition coefficient (Wildman–Crippen LogP) is 2.18.